The topological polar surface area (TPSA) is 92.7 Å². The molecule has 1 N–H and O–H groups in total. The van der Waals surface area contributed by atoms with E-state index in [2.05, 4.69) is 53.9 Å². The highest BCUT2D eigenvalue weighted by atomic mass is 28.4. The number of esters is 1. The molecule has 0 aromatic heterocycles. The van der Waals surface area contributed by atoms with Crippen LogP contribution in [0.25, 0.3) is 0 Å². The lowest BCUT2D eigenvalue weighted by atomic mass is 10.0. The summed E-state index contributed by atoms with van der Waals surface area (Å²) in [4.78, 5) is 12.5. The molecule has 0 saturated carbocycles. The smallest absolute Gasteiger partial charge is 0.306 e. The van der Waals surface area contributed by atoms with E-state index >= 15 is 0 Å². The average Bonchev–Trinajstić information content (AvgIpc) is 2.85. The van der Waals surface area contributed by atoms with Crippen molar-refractivity contribution in [2.75, 3.05) is 0 Å². The van der Waals surface area contributed by atoms with Gasteiger partial charge in [0.15, 0.2) is 27.0 Å². The first-order valence-electron chi connectivity index (χ1n) is 15.1. The first-order chi connectivity index (χ1) is 18.7. The maximum atomic E-state index is 12.5. The van der Waals surface area contributed by atoms with Gasteiger partial charge in [-0.3, -0.25) is 4.79 Å². The third-order valence-electron chi connectivity index (χ3n) is 8.34. The van der Waals surface area contributed by atoms with Gasteiger partial charge in [-0.2, -0.15) is 0 Å². The third-order valence-corrected chi connectivity index (χ3v) is 12.8. The summed E-state index contributed by atoms with van der Waals surface area (Å²) in [6.45, 7) is 24.5. The summed E-state index contributed by atoms with van der Waals surface area (Å²) in [7, 11) is -2.09. The average molecular weight is 585 g/mol. The summed E-state index contributed by atoms with van der Waals surface area (Å²) in [6.07, 6.45) is 4.67. The van der Waals surface area contributed by atoms with Crippen LogP contribution >= 0.6 is 0 Å². The standard InChI is InChI=1S/C31H56O8Si/c1-11-13-15-16-17-21(3)34-29-27(20-25(23(5)36-29)39-40(9,10)31(6,7)8)38-30-26(19-24(32)22(4)35-30)37-28(33)18-14-12-2/h11-12,21-27,29-30,32H,1-2,13-20H2,3-10H3/t21-,22+,23+,24-,25-,26-,27-,29-,30+/m1/s1. The van der Waals surface area contributed by atoms with E-state index < -0.39 is 45.3 Å². The van der Waals surface area contributed by atoms with Gasteiger partial charge in [-0.15, -0.1) is 13.2 Å². The van der Waals surface area contributed by atoms with Crippen molar-refractivity contribution in [1.29, 1.82) is 0 Å². The number of ether oxygens (including phenoxy) is 5. The molecule has 232 valence electrons. The minimum atomic E-state index is -2.09. The van der Waals surface area contributed by atoms with Gasteiger partial charge in [-0.05, 0) is 64.6 Å². The fourth-order valence-electron chi connectivity index (χ4n) is 4.65. The Labute approximate surface area is 243 Å². The van der Waals surface area contributed by atoms with Crippen LogP contribution in [0.2, 0.25) is 18.1 Å². The second kappa shape index (κ2) is 16.0. The van der Waals surface area contributed by atoms with Gasteiger partial charge in [0, 0.05) is 19.3 Å². The van der Waals surface area contributed by atoms with Crippen molar-refractivity contribution in [3.8, 4) is 0 Å². The minimum absolute atomic E-state index is 0.0356. The van der Waals surface area contributed by atoms with Gasteiger partial charge in [0.05, 0.1) is 30.5 Å². The molecule has 2 saturated heterocycles. The number of rotatable bonds is 15. The number of carbonyl (C=O) groups excluding carboxylic acids is 1. The van der Waals surface area contributed by atoms with Crippen LogP contribution < -0.4 is 0 Å². The molecule has 2 aliphatic heterocycles. The second-order valence-corrected chi connectivity index (χ2v) is 17.7. The molecule has 0 aromatic rings. The Morgan fingerprint density at radius 3 is 2.27 bits per heavy atom. The summed E-state index contributed by atoms with van der Waals surface area (Å²) in [5, 5.41) is 10.5. The van der Waals surface area contributed by atoms with Crippen LogP contribution in [0.3, 0.4) is 0 Å². The number of allylic oxidation sites excluding steroid dienone is 2. The Morgan fingerprint density at radius 2 is 1.65 bits per heavy atom. The molecule has 2 heterocycles. The molecular formula is C31H56O8Si. The van der Waals surface area contributed by atoms with E-state index in [9.17, 15) is 9.90 Å². The van der Waals surface area contributed by atoms with Gasteiger partial charge in [-0.25, -0.2) is 0 Å². The Bertz CT molecular complexity index is 797. The van der Waals surface area contributed by atoms with Crippen LogP contribution in [0.15, 0.2) is 25.3 Å². The van der Waals surface area contributed by atoms with Gasteiger partial charge < -0.3 is 33.2 Å². The number of aliphatic hydroxyl groups excluding tert-OH is 1. The molecule has 0 unspecified atom stereocenters. The lowest BCUT2D eigenvalue weighted by molar-refractivity contribution is -0.336. The first-order valence-corrected chi connectivity index (χ1v) is 18.0. The van der Waals surface area contributed by atoms with Crippen LogP contribution in [0.5, 0.6) is 0 Å². The Kier molecular flexibility index (Phi) is 14.0. The maximum Gasteiger partial charge on any atom is 0.306 e. The SMILES string of the molecule is C=CCCCC[C@@H](C)O[C@@H]1O[C@@H](C)[C@H](O[Si](C)(C)C(C)(C)C)C[C@H]1O[C@@H]1O[C@@H](C)[C@H](O)C[C@H]1OC(=O)CCC=C. The lowest BCUT2D eigenvalue weighted by Crippen LogP contribution is -2.57. The number of unbranched alkanes of at least 4 members (excludes halogenated alkanes) is 2. The van der Waals surface area contributed by atoms with Crippen molar-refractivity contribution in [3.05, 3.63) is 25.3 Å². The van der Waals surface area contributed by atoms with E-state index in [1.54, 1.807) is 13.0 Å². The Balaban J connectivity index is 2.23. The minimum Gasteiger partial charge on any atom is -0.457 e. The third kappa shape index (κ3) is 10.6. The second-order valence-electron chi connectivity index (χ2n) is 12.9. The molecule has 0 aromatic carbocycles. The van der Waals surface area contributed by atoms with Crippen molar-refractivity contribution in [2.24, 2.45) is 0 Å². The highest BCUT2D eigenvalue weighted by Crippen LogP contribution is 2.40. The van der Waals surface area contributed by atoms with Crippen LogP contribution in [-0.2, 0) is 32.9 Å². The molecule has 40 heavy (non-hydrogen) atoms. The predicted octanol–water partition coefficient (Wildman–Crippen LogP) is 6.42. The van der Waals surface area contributed by atoms with Crippen molar-refractivity contribution in [3.63, 3.8) is 0 Å². The summed E-state index contributed by atoms with van der Waals surface area (Å²) >= 11 is 0. The van der Waals surface area contributed by atoms with Crippen LogP contribution in [0.1, 0.15) is 92.9 Å². The van der Waals surface area contributed by atoms with Crippen LogP contribution in [-0.4, -0.2) is 74.7 Å². The molecule has 8 nitrogen and oxygen atoms in total. The largest absolute Gasteiger partial charge is 0.457 e. The van der Waals surface area contributed by atoms with E-state index in [4.69, 9.17) is 28.1 Å². The number of hydrogen-bond donors (Lipinski definition) is 1. The quantitative estimate of drug-likeness (QED) is 0.102. The molecule has 0 bridgehead atoms. The summed E-state index contributed by atoms with van der Waals surface area (Å²) in [5.74, 6) is -0.377. The van der Waals surface area contributed by atoms with Gasteiger partial charge in [0.25, 0.3) is 0 Å². The molecular weight excluding hydrogens is 528 g/mol. The molecule has 9 heteroatoms. The molecule has 9 atom stereocenters. The number of hydrogen-bond acceptors (Lipinski definition) is 8. The fraction of sp³-hybridized carbons (Fsp3) is 0.839. The van der Waals surface area contributed by atoms with E-state index in [0.717, 1.165) is 25.7 Å². The normalized spacial score (nSPS) is 32.3. The molecule has 2 aliphatic rings. The van der Waals surface area contributed by atoms with Gasteiger partial charge in [-0.1, -0.05) is 39.3 Å². The van der Waals surface area contributed by atoms with Gasteiger partial charge in [0.2, 0.25) is 0 Å². The predicted molar refractivity (Wildman–Crippen MR) is 159 cm³/mol. The van der Waals surface area contributed by atoms with Gasteiger partial charge in [0.1, 0.15) is 6.10 Å². The first kappa shape index (κ1) is 35.1. The Hall–Kier alpha value is -1.07. The highest BCUT2D eigenvalue weighted by molar-refractivity contribution is 6.74. The van der Waals surface area contributed by atoms with Crippen molar-refractivity contribution >= 4 is 14.3 Å². The summed E-state index contributed by atoms with van der Waals surface area (Å²) in [5.41, 5.74) is 0. The maximum absolute atomic E-state index is 12.5. The molecule has 0 radical (unpaired) electrons. The Morgan fingerprint density at radius 1 is 1.00 bits per heavy atom. The van der Waals surface area contributed by atoms with Gasteiger partial charge >= 0.3 is 5.97 Å². The van der Waals surface area contributed by atoms with E-state index in [-0.39, 0.29) is 42.2 Å². The monoisotopic (exact) mass is 584 g/mol. The van der Waals surface area contributed by atoms with Crippen molar-refractivity contribution in [1.82, 2.24) is 0 Å². The van der Waals surface area contributed by atoms with E-state index in [1.165, 1.54) is 0 Å². The molecule has 0 amide bonds. The lowest BCUT2D eigenvalue weighted by Gasteiger charge is -2.47. The number of carbonyl (C=O) groups is 1. The zero-order valence-corrected chi connectivity index (χ0v) is 27.2. The highest BCUT2D eigenvalue weighted by Gasteiger charge is 2.47. The van der Waals surface area contributed by atoms with E-state index in [1.807, 2.05) is 13.0 Å². The zero-order valence-electron chi connectivity index (χ0n) is 26.2. The molecule has 2 rings (SSSR count). The molecule has 2 fully saturated rings. The zero-order chi connectivity index (χ0) is 30.1. The fourth-order valence-corrected chi connectivity index (χ4v) is 6.05. The van der Waals surface area contributed by atoms with E-state index in [0.29, 0.717) is 12.8 Å². The molecule has 0 spiro atoms. The van der Waals surface area contributed by atoms with Crippen LogP contribution in [0.4, 0.5) is 0 Å². The molecule has 0 aliphatic carbocycles. The van der Waals surface area contributed by atoms with Crippen molar-refractivity contribution < 1.29 is 38.0 Å². The van der Waals surface area contributed by atoms with Crippen molar-refractivity contribution in [2.45, 2.75) is 166 Å². The number of aliphatic hydroxyl groups is 1. The van der Waals surface area contributed by atoms with Crippen LogP contribution in [0, 0.1) is 0 Å². The summed E-state index contributed by atoms with van der Waals surface area (Å²) in [6, 6.07) is 0. The summed E-state index contributed by atoms with van der Waals surface area (Å²) < 4.78 is 38.0.